The molecule has 1 atom stereocenters. The lowest BCUT2D eigenvalue weighted by Crippen LogP contribution is -2.30. The molecule has 30 heavy (non-hydrogen) atoms. The number of H-pyrrole nitrogens is 1. The minimum Gasteiger partial charge on any atom is -0.377 e. The molecular formula is C22H20ClFN4O2. The summed E-state index contributed by atoms with van der Waals surface area (Å²) in [6, 6.07) is 7.17. The molecular weight excluding hydrogens is 407 g/mol. The number of benzene rings is 1. The average Bonchev–Trinajstić information content (AvgIpc) is 3.32. The SMILES string of the molecule is CC(c1cccc(Cl)c1F)c1cn(C)c(=O)c2[nH]c(-c3cnn(C4COC4)c3)cc12. The number of nitrogens with zero attached hydrogens (tertiary/aromatic N) is 3. The zero-order valence-electron chi connectivity index (χ0n) is 16.5. The number of aromatic nitrogens is 4. The second-order valence-corrected chi connectivity index (χ2v) is 8.14. The third-order valence-electron chi connectivity index (χ3n) is 5.82. The molecule has 1 aliphatic heterocycles. The van der Waals surface area contributed by atoms with Gasteiger partial charge >= 0.3 is 0 Å². The lowest BCUT2D eigenvalue weighted by Gasteiger charge is -2.25. The number of pyridine rings is 1. The van der Waals surface area contributed by atoms with Crippen molar-refractivity contribution in [2.24, 2.45) is 7.05 Å². The molecule has 0 bridgehead atoms. The van der Waals surface area contributed by atoms with Crippen LogP contribution in [0.2, 0.25) is 5.02 Å². The molecule has 6 nitrogen and oxygen atoms in total. The predicted molar refractivity (Wildman–Crippen MR) is 114 cm³/mol. The maximum Gasteiger partial charge on any atom is 0.274 e. The molecule has 1 aliphatic rings. The van der Waals surface area contributed by atoms with Crippen molar-refractivity contribution in [1.29, 1.82) is 0 Å². The fourth-order valence-corrected chi connectivity index (χ4v) is 4.12. The van der Waals surface area contributed by atoms with Gasteiger partial charge in [-0.15, -0.1) is 0 Å². The van der Waals surface area contributed by atoms with Gasteiger partial charge in [0.05, 0.1) is 30.5 Å². The van der Waals surface area contributed by atoms with Gasteiger partial charge in [-0.05, 0) is 23.3 Å². The Hall–Kier alpha value is -2.90. The van der Waals surface area contributed by atoms with Crippen molar-refractivity contribution in [3.05, 3.63) is 75.2 Å². The highest BCUT2D eigenvalue weighted by atomic mass is 35.5. The zero-order chi connectivity index (χ0) is 21.0. The first kappa shape index (κ1) is 19.1. The van der Waals surface area contributed by atoms with Crippen LogP contribution in [0, 0.1) is 5.82 Å². The third-order valence-corrected chi connectivity index (χ3v) is 6.11. The minimum atomic E-state index is -0.437. The first-order chi connectivity index (χ1) is 14.4. The maximum absolute atomic E-state index is 14.7. The summed E-state index contributed by atoms with van der Waals surface area (Å²) in [4.78, 5) is 16.0. The molecule has 1 N–H and O–H groups in total. The van der Waals surface area contributed by atoms with E-state index in [4.69, 9.17) is 16.3 Å². The fourth-order valence-electron chi connectivity index (χ4n) is 3.94. The average molecular weight is 427 g/mol. The number of aryl methyl sites for hydroxylation is 1. The molecule has 1 unspecified atom stereocenters. The van der Waals surface area contributed by atoms with Crippen LogP contribution in [-0.4, -0.2) is 32.5 Å². The Bertz CT molecular complexity index is 1320. The Kier molecular flexibility index (Phi) is 4.52. The summed E-state index contributed by atoms with van der Waals surface area (Å²) in [6.07, 6.45) is 5.48. The standard InChI is InChI=1S/C22H20ClFN4O2/c1-12(15-4-3-5-18(23)20(15)24)17-9-27(2)22(29)21-16(17)6-19(26-21)13-7-25-28(8-13)14-10-30-11-14/h3-9,12,14,26H,10-11H2,1-2H3. The molecule has 0 radical (unpaired) electrons. The highest BCUT2D eigenvalue weighted by Gasteiger charge is 2.23. The third kappa shape index (κ3) is 2.97. The number of halogens is 2. The first-order valence-corrected chi connectivity index (χ1v) is 10.1. The molecule has 0 aliphatic carbocycles. The largest absolute Gasteiger partial charge is 0.377 e. The summed E-state index contributed by atoms with van der Waals surface area (Å²) < 4.78 is 23.3. The highest BCUT2D eigenvalue weighted by Crippen LogP contribution is 2.34. The zero-order valence-corrected chi connectivity index (χ0v) is 17.3. The van der Waals surface area contributed by atoms with Gasteiger partial charge in [0.1, 0.15) is 11.3 Å². The lowest BCUT2D eigenvalue weighted by molar-refractivity contribution is -0.0286. The van der Waals surface area contributed by atoms with E-state index in [1.165, 1.54) is 10.6 Å². The number of rotatable bonds is 4. The van der Waals surface area contributed by atoms with Crippen LogP contribution in [0.1, 0.15) is 30.0 Å². The van der Waals surface area contributed by atoms with Gasteiger partial charge in [0, 0.05) is 42.0 Å². The van der Waals surface area contributed by atoms with Crippen LogP contribution >= 0.6 is 11.6 Å². The molecule has 1 aromatic carbocycles. The van der Waals surface area contributed by atoms with E-state index in [1.54, 1.807) is 31.6 Å². The van der Waals surface area contributed by atoms with Crippen LogP contribution in [0.3, 0.4) is 0 Å². The summed E-state index contributed by atoms with van der Waals surface area (Å²) in [5.41, 5.74) is 3.35. The summed E-state index contributed by atoms with van der Waals surface area (Å²) in [6.45, 7) is 3.22. The quantitative estimate of drug-likeness (QED) is 0.530. The van der Waals surface area contributed by atoms with E-state index in [0.29, 0.717) is 24.3 Å². The second kappa shape index (κ2) is 7.11. The number of fused-ring (bicyclic) bond motifs is 1. The normalized spacial score (nSPS) is 15.5. The van der Waals surface area contributed by atoms with E-state index in [2.05, 4.69) is 10.1 Å². The predicted octanol–water partition coefficient (Wildman–Crippen LogP) is 4.25. The van der Waals surface area contributed by atoms with Crippen LogP contribution in [0.5, 0.6) is 0 Å². The number of aromatic amines is 1. The van der Waals surface area contributed by atoms with E-state index in [9.17, 15) is 9.18 Å². The fraction of sp³-hybridized carbons (Fsp3) is 0.273. The summed E-state index contributed by atoms with van der Waals surface area (Å²) in [5.74, 6) is -0.732. The van der Waals surface area contributed by atoms with E-state index in [-0.39, 0.29) is 22.5 Å². The molecule has 154 valence electrons. The summed E-state index contributed by atoms with van der Waals surface area (Å²) in [7, 11) is 1.70. The van der Waals surface area contributed by atoms with Crippen LogP contribution in [0.25, 0.3) is 22.2 Å². The van der Waals surface area contributed by atoms with E-state index < -0.39 is 5.82 Å². The Morgan fingerprint density at radius 1 is 1.30 bits per heavy atom. The van der Waals surface area contributed by atoms with Gasteiger partial charge in [0.15, 0.2) is 0 Å². The molecule has 0 spiro atoms. The van der Waals surface area contributed by atoms with Gasteiger partial charge in [0.25, 0.3) is 5.56 Å². The van der Waals surface area contributed by atoms with Crippen molar-refractivity contribution in [3.8, 4) is 11.3 Å². The molecule has 5 rings (SSSR count). The Morgan fingerprint density at radius 3 is 2.83 bits per heavy atom. The number of hydrogen-bond donors (Lipinski definition) is 1. The van der Waals surface area contributed by atoms with Gasteiger partial charge < -0.3 is 14.3 Å². The highest BCUT2D eigenvalue weighted by molar-refractivity contribution is 6.30. The van der Waals surface area contributed by atoms with Gasteiger partial charge in [-0.3, -0.25) is 9.48 Å². The molecule has 8 heteroatoms. The number of ether oxygens (including phenoxy) is 1. The molecule has 1 saturated heterocycles. The van der Waals surface area contributed by atoms with Crippen LogP contribution in [-0.2, 0) is 11.8 Å². The van der Waals surface area contributed by atoms with Crippen molar-refractivity contribution < 1.29 is 9.13 Å². The lowest BCUT2D eigenvalue weighted by atomic mass is 9.91. The minimum absolute atomic E-state index is 0.0857. The topological polar surface area (TPSA) is 64.8 Å². The van der Waals surface area contributed by atoms with Crippen molar-refractivity contribution in [1.82, 2.24) is 19.3 Å². The van der Waals surface area contributed by atoms with Gasteiger partial charge in [-0.25, -0.2) is 4.39 Å². The van der Waals surface area contributed by atoms with Crippen molar-refractivity contribution in [3.63, 3.8) is 0 Å². The first-order valence-electron chi connectivity index (χ1n) is 9.72. The van der Waals surface area contributed by atoms with Gasteiger partial charge in [0.2, 0.25) is 0 Å². The van der Waals surface area contributed by atoms with Gasteiger partial charge in [-0.2, -0.15) is 5.10 Å². The second-order valence-electron chi connectivity index (χ2n) is 7.74. The maximum atomic E-state index is 14.7. The van der Waals surface area contributed by atoms with Crippen molar-refractivity contribution >= 4 is 22.5 Å². The van der Waals surface area contributed by atoms with Crippen molar-refractivity contribution in [2.75, 3.05) is 13.2 Å². The molecule has 1 fully saturated rings. The Balaban J connectivity index is 1.64. The van der Waals surface area contributed by atoms with Crippen molar-refractivity contribution in [2.45, 2.75) is 18.9 Å². The molecule has 4 aromatic rings. The monoisotopic (exact) mass is 426 g/mol. The molecule has 0 saturated carbocycles. The van der Waals surface area contributed by atoms with Gasteiger partial charge in [-0.1, -0.05) is 30.7 Å². The summed E-state index contributed by atoms with van der Waals surface area (Å²) in [5, 5.41) is 5.27. The van der Waals surface area contributed by atoms with Crippen LogP contribution in [0.4, 0.5) is 4.39 Å². The number of hydrogen-bond acceptors (Lipinski definition) is 3. The molecule has 4 heterocycles. The molecule has 3 aromatic heterocycles. The van der Waals surface area contributed by atoms with E-state index in [1.807, 2.05) is 23.9 Å². The van der Waals surface area contributed by atoms with Crippen LogP contribution in [0.15, 0.2) is 47.7 Å². The Labute approximate surface area is 176 Å². The van der Waals surface area contributed by atoms with E-state index >= 15 is 0 Å². The smallest absolute Gasteiger partial charge is 0.274 e. The molecule has 0 amide bonds. The Morgan fingerprint density at radius 2 is 2.10 bits per heavy atom. The number of nitrogens with one attached hydrogen (secondary N) is 1. The summed E-state index contributed by atoms with van der Waals surface area (Å²) >= 11 is 5.99. The van der Waals surface area contributed by atoms with Crippen LogP contribution < -0.4 is 5.56 Å². The van der Waals surface area contributed by atoms with E-state index in [0.717, 1.165) is 22.2 Å².